The Morgan fingerprint density at radius 2 is 1.43 bits per heavy atom. The molecule has 0 aromatic rings. The summed E-state index contributed by atoms with van der Waals surface area (Å²) < 4.78 is 5.60. The van der Waals surface area contributed by atoms with Gasteiger partial charge in [-0.15, -0.1) is 0 Å². The zero-order valence-corrected chi connectivity index (χ0v) is 10.3. The second kappa shape index (κ2) is 11.1. The van der Waals surface area contributed by atoms with Crippen molar-refractivity contribution in [2.75, 3.05) is 13.2 Å². The summed E-state index contributed by atoms with van der Waals surface area (Å²) in [5.41, 5.74) is 0. The molecule has 0 aliphatic carbocycles. The molecule has 2 heteroatoms. The molecule has 0 heterocycles. The highest BCUT2D eigenvalue weighted by atomic mass is 16.5. The van der Waals surface area contributed by atoms with Crippen LogP contribution in [0.15, 0.2) is 0 Å². The molecular weight excluding hydrogens is 171 g/mol. The summed E-state index contributed by atoms with van der Waals surface area (Å²) in [7, 11) is 0. The van der Waals surface area contributed by atoms with Gasteiger partial charge in [0.25, 0.3) is 0 Å². The van der Waals surface area contributed by atoms with Gasteiger partial charge < -0.3 is 4.74 Å². The van der Waals surface area contributed by atoms with Gasteiger partial charge in [0, 0.05) is 13.2 Å². The number of rotatable bonds is 10. The third kappa shape index (κ3) is 8.62. The van der Waals surface area contributed by atoms with Crippen LogP contribution in [-0.4, -0.2) is 19.9 Å². The normalized spacial score (nSPS) is 10.5. The number of unbranched alkanes of at least 4 members (excludes halogenated alkanes) is 1. The molecule has 0 aromatic heterocycles. The molecule has 0 amide bonds. The van der Waals surface area contributed by atoms with E-state index in [1.165, 1.54) is 44.6 Å². The minimum atomic E-state index is 0.909. The van der Waals surface area contributed by atoms with Gasteiger partial charge in [0.2, 0.25) is 0 Å². The molecule has 0 saturated carbocycles. The van der Waals surface area contributed by atoms with Crippen LogP contribution < -0.4 is 0 Å². The summed E-state index contributed by atoms with van der Waals surface area (Å²) in [6.07, 6.45) is 9.13. The van der Waals surface area contributed by atoms with Gasteiger partial charge in [-0.05, 0) is 6.42 Å². The Balaban J connectivity index is 3.30. The summed E-state index contributed by atoms with van der Waals surface area (Å²) in [6.45, 7) is 9.61. The second-order valence-electron chi connectivity index (χ2n) is 4.20. The highest BCUT2D eigenvalue weighted by molar-refractivity contribution is 6.58. The van der Waals surface area contributed by atoms with Gasteiger partial charge in [-0.2, -0.15) is 0 Å². The van der Waals surface area contributed by atoms with E-state index >= 15 is 0 Å². The third-order valence-electron chi connectivity index (χ3n) is 2.71. The fourth-order valence-electron chi connectivity index (χ4n) is 1.85. The van der Waals surface area contributed by atoms with Gasteiger partial charge in [0.15, 0.2) is 0 Å². The monoisotopic (exact) mass is 198 g/mol. The summed E-state index contributed by atoms with van der Waals surface area (Å²) in [5, 5.41) is 0. The molecular formula is C12H27BO. The van der Waals surface area contributed by atoms with Crippen LogP contribution in [0.25, 0.3) is 0 Å². The van der Waals surface area contributed by atoms with Crippen molar-refractivity contribution in [1.82, 2.24) is 0 Å². The van der Waals surface area contributed by atoms with Crippen molar-refractivity contribution in [2.24, 2.45) is 0 Å². The van der Waals surface area contributed by atoms with Crippen molar-refractivity contribution < 1.29 is 4.74 Å². The van der Waals surface area contributed by atoms with Gasteiger partial charge >= 0.3 is 0 Å². The predicted octanol–water partition coefficient (Wildman–Crippen LogP) is 4.12. The van der Waals surface area contributed by atoms with Gasteiger partial charge in [-0.3, -0.25) is 0 Å². The lowest BCUT2D eigenvalue weighted by atomic mass is 9.42. The van der Waals surface area contributed by atoms with Crippen molar-refractivity contribution in [3.63, 3.8) is 0 Å². The number of ether oxygens (including phenoxy) is 1. The molecule has 84 valence electrons. The van der Waals surface area contributed by atoms with Crippen molar-refractivity contribution >= 4 is 6.71 Å². The Hall–Kier alpha value is 0.0249. The Labute approximate surface area is 90.7 Å². The van der Waals surface area contributed by atoms with Gasteiger partial charge in [0.05, 0.1) is 0 Å². The predicted molar refractivity (Wildman–Crippen MR) is 66.5 cm³/mol. The summed E-state index contributed by atoms with van der Waals surface area (Å²) in [5.74, 6) is 0. The Morgan fingerprint density at radius 3 is 1.93 bits per heavy atom. The molecule has 0 N–H and O–H groups in total. The van der Waals surface area contributed by atoms with Crippen LogP contribution in [0.2, 0.25) is 19.0 Å². The van der Waals surface area contributed by atoms with Crippen molar-refractivity contribution in [3.05, 3.63) is 0 Å². The van der Waals surface area contributed by atoms with E-state index in [0.717, 1.165) is 19.9 Å². The zero-order chi connectivity index (χ0) is 10.6. The lowest BCUT2D eigenvalue weighted by Gasteiger charge is -2.11. The maximum Gasteiger partial charge on any atom is 0.142 e. The summed E-state index contributed by atoms with van der Waals surface area (Å²) in [4.78, 5) is 0. The molecule has 14 heavy (non-hydrogen) atoms. The first-order chi connectivity index (χ1) is 6.85. The molecule has 1 nitrogen and oxygen atoms in total. The van der Waals surface area contributed by atoms with Gasteiger partial charge in [-0.1, -0.05) is 59.0 Å². The van der Waals surface area contributed by atoms with Gasteiger partial charge in [0.1, 0.15) is 6.71 Å². The zero-order valence-electron chi connectivity index (χ0n) is 10.3. The maximum absolute atomic E-state index is 5.60. The average Bonchev–Trinajstić information content (AvgIpc) is 2.18. The molecule has 0 fully saturated rings. The number of hydrogen-bond donors (Lipinski definition) is 0. The van der Waals surface area contributed by atoms with E-state index in [2.05, 4.69) is 20.8 Å². The molecule has 0 atom stereocenters. The quantitative estimate of drug-likeness (QED) is 0.379. The Morgan fingerprint density at radius 1 is 0.786 bits per heavy atom. The van der Waals surface area contributed by atoms with E-state index in [1.807, 2.05) is 0 Å². The molecule has 0 radical (unpaired) electrons. The highest BCUT2D eigenvalue weighted by Crippen LogP contribution is 2.10. The summed E-state index contributed by atoms with van der Waals surface area (Å²) >= 11 is 0. The third-order valence-corrected chi connectivity index (χ3v) is 2.71. The van der Waals surface area contributed by atoms with E-state index in [0.29, 0.717) is 0 Å². The maximum atomic E-state index is 5.60. The molecule has 0 aliphatic rings. The van der Waals surface area contributed by atoms with Crippen molar-refractivity contribution in [2.45, 2.75) is 65.4 Å². The first-order valence-corrected chi connectivity index (χ1v) is 6.42. The smallest absolute Gasteiger partial charge is 0.142 e. The van der Waals surface area contributed by atoms with E-state index in [-0.39, 0.29) is 0 Å². The van der Waals surface area contributed by atoms with E-state index in [9.17, 15) is 0 Å². The lowest BCUT2D eigenvalue weighted by Crippen LogP contribution is -2.14. The fourth-order valence-corrected chi connectivity index (χ4v) is 1.85. The number of hydrogen-bond acceptors (Lipinski definition) is 1. The standard InChI is InChI=1S/C12H27BO/c1-4-7-11-14-12-10-13(8-5-2)9-6-3/h4-12H2,1-3H3. The second-order valence-corrected chi connectivity index (χ2v) is 4.20. The average molecular weight is 198 g/mol. The first kappa shape index (κ1) is 14.0. The fraction of sp³-hybridized carbons (Fsp3) is 1.00. The van der Waals surface area contributed by atoms with Crippen LogP contribution in [0.4, 0.5) is 0 Å². The Kier molecular flexibility index (Phi) is 11.1. The molecule has 0 aliphatic heterocycles. The van der Waals surface area contributed by atoms with Crippen LogP contribution in [0.5, 0.6) is 0 Å². The van der Waals surface area contributed by atoms with Crippen LogP contribution in [0.3, 0.4) is 0 Å². The lowest BCUT2D eigenvalue weighted by molar-refractivity contribution is 0.144. The molecule has 0 bridgehead atoms. The summed E-state index contributed by atoms with van der Waals surface area (Å²) in [6, 6.07) is 0. The molecule has 0 unspecified atom stereocenters. The molecule has 0 saturated heterocycles. The molecule has 0 spiro atoms. The largest absolute Gasteiger partial charge is 0.382 e. The topological polar surface area (TPSA) is 9.23 Å². The SMILES string of the molecule is CCCCOCCB(CCC)CCC. The van der Waals surface area contributed by atoms with E-state index in [4.69, 9.17) is 4.74 Å². The van der Waals surface area contributed by atoms with Crippen LogP contribution >= 0.6 is 0 Å². The van der Waals surface area contributed by atoms with Crippen LogP contribution in [0, 0.1) is 0 Å². The van der Waals surface area contributed by atoms with Crippen molar-refractivity contribution in [1.29, 1.82) is 0 Å². The first-order valence-electron chi connectivity index (χ1n) is 6.42. The Bertz CT molecular complexity index is 100. The minimum absolute atomic E-state index is 0.909. The van der Waals surface area contributed by atoms with Crippen LogP contribution in [-0.2, 0) is 4.74 Å². The van der Waals surface area contributed by atoms with E-state index < -0.39 is 0 Å². The molecule has 0 rings (SSSR count). The highest BCUT2D eigenvalue weighted by Gasteiger charge is 2.10. The van der Waals surface area contributed by atoms with Gasteiger partial charge in [-0.25, -0.2) is 0 Å². The van der Waals surface area contributed by atoms with E-state index in [1.54, 1.807) is 0 Å². The molecule has 0 aromatic carbocycles. The van der Waals surface area contributed by atoms with Crippen molar-refractivity contribution in [3.8, 4) is 0 Å². The van der Waals surface area contributed by atoms with Crippen LogP contribution in [0.1, 0.15) is 46.5 Å². The minimum Gasteiger partial charge on any atom is -0.382 e.